The van der Waals surface area contributed by atoms with Gasteiger partial charge in [-0.2, -0.15) is 0 Å². The molecule has 5 fully saturated rings. The smallest absolute Gasteiger partial charge is 0.0597 e. The van der Waals surface area contributed by atoms with Gasteiger partial charge in [-0.05, 0) is 112 Å². The monoisotopic (exact) mass is 405 g/mol. The Labute approximate surface area is 177 Å². The van der Waals surface area contributed by atoms with Crippen LogP contribution in [0, 0.1) is 34.5 Å². The highest BCUT2D eigenvalue weighted by molar-refractivity contribution is 5.11. The largest absolute Gasteiger partial charge is 0.393 e. The van der Waals surface area contributed by atoms with Crippen molar-refractivity contribution in [3.63, 3.8) is 0 Å². The number of ether oxygens (including phenoxy) is 1. The van der Waals surface area contributed by atoms with Crippen LogP contribution in [0.1, 0.15) is 78.1 Å². The summed E-state index contributed by atoms with van der Waals surface area (Å²) in [6, 6.07) is 0. The molecule has 0 aromatic heterocycles. The molecule has 1 heterocycles. The van der Waals surface area contributed by atoms with Gasteiger partial charge in [-0.25, -0.2) is 0 Å². The van der Waals surface area contributed by atoms with Crippen molar-refractivity contribution >= 4 is 0 Å². The minimum Gasteiger partial charge on any atom is -0.393 e. The molecule has 0 amide bonds. The maximum Gasteiger partial charge on any atom is 0.0597 e. The minimum atomic E-state index is -0.189. The minimum absolute atomic E-state index is 0.0972. The predicted octanol–water partition coefficient (Wildman–Crippen LogP) is 3.84. The van der Waals surface area contributed by atoms with Gasteiger partial charge in [-0.1, -0.05) is 13.8 Å². The zero-order valence-corrected chi connectivity index (χ0v) is 18.7. The fraction of sp³-hybridized carbons (Fsp3) is 1.00. The van der Waals surface area contributed by atoms with Gasteiger partial charge in [0.2, 0.25) is 0 Å². The third-order valence-electron chi connectivity index (χ3n) is 10.5. The van der Waals surface area contributed by atoms with Crippen molar-refractivity contribution < 1.29 is 14.9 Å². The summed E-state index contributed by atoms with van der Waals surface area (Å²) in [5.41, 5.74) is 0.353. The molecule has 5 rings (SSSR count). The van der Waals surface area contributed by atoms with E-state index in [-0.39, 0.29) is 23.0 Å². The van der Waals surface area contributed by atoms with Gasteiger partial charge < -0.3 is 19.8 Å². The van der Waals surface area contributed by atoms with Crippen LogP contribution >= 0.6 is 0 Å². The Bertz CT molecular complexity index is 593. The lowest BCUT2D eigenvalue weighted by atomic mass is 9.44. The summed E-state index contributed by atoms with van der Waals surface area (Å²) in [6.45, 7) is 9.24. The molecule has 4 nitrogen and oxygen atoms in total. The first kappa shape index (κ1) is 20.7. The number of aliphatic hydroxyl groups excluding tert-OH is 2. The molecule has 0 spiro atoms. The highest BCUT2D eigenvalue weighted by Gasteiger charge is 2.62. The van der Waals surface area contributed by atoms with Crippen LogP contribution in [0.15, 0.2) is 0 Å². The summed E-state index contributed by atoms with van der Waals surface area (Å²) in [5.74, 6) is 2.34. The number of likely N-dealkylation sites (tertiary alicyclic amines) is 1. The van der Waals surface area contributed by atoms with Gasteiger partial charge in [-0.3, -0.25) is 0 Å². The number of rotatable bonds is 4. The van der Waals surface area contributed by atoms with Crippen LogP contribution in [0.25, 0.3) is 0 Å². The highest BCUT2D eigenvalue weighted by atomic mass is 16.5. The van der Waals surface area contributed by atoms with E-state index in [2.05, 4.69) is 18.7 Å². The van der Waals surface area contributed by atoms with E-state index in [0.29, 0.717) is 23.9 Å². The van der Waals surface area contributed by atoms with Crippen LogP contribution in [0.2, 0.25) is 0 Å². The Kier molecular flexibility index (Phi) is 5.55. The average molecular weight is 406 g/mol. The summed E-state index contributed by atoms with van der Waals surface area (Å²) in [7, 11) is 0. The summed E-state index contributed by atoms with van der Waals surface area (Å²) in [4.78, 5) is 2.53. The van der Waals surface area contributed by atoms with Crippen LogP contribution in [0.4, 0.5) is 0 Å². The topological polar surface area (TPSA) is 52.9 Å². The van der Waals surface area contributed by atoms with Gasteiger partial charge in [0.05, 0.1) is 24.9 Å². The predicted molar refractivity (Wildman–Crippen MR) is 115 cm³/mol. The second-order valence-electron chi connectivity index (χ2n) is 11.7. The second-order valence-corrected chi connectivity index (χ2v) is 11.7. The molecule has 1 aliphatic heterocycles. The zero-order chi connectivity index (χ0) is 20.2. The molecule has 0 aromatic carbocycles. The van der Waals surface area contributed by atoms with Crippen LogP contribution in [-0.4, -0.2) is 59.7 Å². The molecule has 3 unspecified atom stereocenters. The van der Waals surface area contributed by atoms with Gasteiger partial charge in [0.15, 0.2) is 0 Å². The quantitative estimate of drug-likeness (QED) is 0.746. The van der Waals surface area contributed by atoms with Crippen molar-refractivity contribution in [3.8, 4) is 0 Å². The van der Waals surface area contributed by atoms with E-state index >= 15 is 0 Å². The van der Waals surface area contributed by atoms with Crippen molar-refractivity contribution in [2.24, 2.45) is 34.5 Å². The van der Waals surface area contributed by atoms with Crippen LogP contribution in [0.5, 0.6) is 0 Å². The number of fused-ring (bicyclic) bond motifs is 5. The molecule has 2 N–H and O–H groups in total. The molecule has 29 heavy (non-hydrogen) atoms. The van der Waals surface area contributed by atoms with E-state index in [4.69, 9.17) is 4.74 Å². The maximum absolute atomic E-state index is 11.3. The van der Waals surface area contributed by atoms with Crippen molar-refractivity contribution in [3.05, 3.63) is 0 Å². The van der Waals surface area contributed by atoms with Gasteiger partial charge >= 0.3 is 0 Å². The molecule has 4 saturated carbocycles. The lowest BCUT2D eigenvalue weighted by Crippen LogP contribution is -2.58. The Hall–Kier alpha value is -0.160. The maximum atomic E-state index is 11.3. The molecule has 0 bridgehead atoms. The first-order valence-electron chi connectivity index (χ1n) is 12.6. The van der Waals surface area contributed by atoms with E-state index < -0.39 is 0 Å². The van der Waals surface area contributed by atoms with Crippen molar-refractivity contribution in [2.45, 2.75) is 96.4 Å². The molecule has 166 valence electrons. The normalized spacial score (nSPS) is 52.8. The van der Waals surface area contributed by atoms with Crippen LogP contribution < -0.4 is 0 Å². The SMILES string of the molecule is C[C@]12CCC3C(C[C@H](O)[C@H]4C[C@@H](OCCN5CCCC5)CC[C@]34C)C1CC[C@@H]2O. The van der Waals surface area contributed by atoms with Gasteiger partial charge in [0.1, 0.15) is 0 Å². The fourth-order valence-corrected chi connectivity index (χ4v) is 8.74. The average Bonchev–Trinajstić information content (AvgIpc) is 3.31. The van der Waals surface area contributed by atoms with E-state index in [1.165, 1.54) is 45.2 Å². The molecular formula is C25H43NO3. The molecule has 0 aromatic rings. The Morgan fingerprint density at radius 2 is 1.59 bits per heavy atom. The summed E-state index contributed by atoms with van der Waals surface area (Å²) in [5, 5.41) is 21.9. The third kappa shape index (κ3) is 3.41. The first-order valence-corrected chi connectivity index (χ1v) is 12.6. The first-order chi connectivity index (χ1) is 13.9. The van der Waals surface area contributed by atoms with Crippen LogP contribution in [0.3, 0.4) is 0 Å². The molecule has 9 atom stereocenters. The Balaban J connectivity index is 1.24. The summed E-state index contributed by atoms with van der Waals surface area (Å²) >= 11 is 0. The fourth-order valence-electron chi connectivity index (χ4n) is 8.74. The zero-order valence-electron chi connectivity index (χ0n) is 18.7. The Morgan fingerprint density at radius 1 is 0.862 bits per heavy atom. The van der Waals surface area contributed by atoms with E-state index in [9.17, 15) is 10.2 Å². The summed E-state index contributed by atoms with van der Waals surface area (Å²) < 4.78 is 6.34. The lowest BCUT2D eigenvalue weighted by Gasteiger charge is -2.62. The highest BCUT2D eigenvalue weighted by Crippen LogP contribution is 2.66. The number of hydrogen-bond donors (Lipinski definition) is 2. The van der Waals surface area contributed by atoms with E-state index in [1.807, 2.05) is 0 Å². The second kappa shape index (κ2) is 7.76. The van der Waals surface area contributed by atoms with E-state index in [0.717, 1.165) is 51.2 Å². The molecule has 4 aliphatic carbocycles. The van der Waals surface area contributed by atoms with Crippen molar-refractivity contribution in [1.82, 2.24) is 4.90 Å². The Morgan fingerprint density at radius 3 is 2.38 bits per heavy atom. The third-order valence-corrected chi connectivity index (χ3v) is 10.5. The van der Waals surface area contributed by atoms with Gasteiger partial charge in [0, 0.05) is 6.54 Å². The number of aliphatic hydroxyl groups is 2. The molecular weight excluding hydrogens is 362 g/mol. The van der Waals surface area contributed by atoms with Crippen molar-refractivity contribution in [2.75, 3.05) is 26.2 Å². The molecule has 1 saturated heterocycles. The van der Waals surface area contributed by atoms with Crippen LogP contribution in [-0.2, 0) is 4.74 Å². The molecule has 0 radical (unpaired) electrons. The van der Waals surface area contributed by atoms with E-state index in [1.54, 1.807) is 0 Å². The molecule has 5 aliphatic rings. The summed E-state index contributed by atoms with van der Waals surface area (Å²) in [6.07, 6.45) is 11.6. The standard InChI is InChI=1S/C25H43NO3/c1-24-9-7-17(29-14-13-26-11-3-4-12-26)15-21(24)22(27)16-18-19-5-6-23(28)25(19,2)10-8-20(18)24/h17-23,27-28H,3-16H2,1-2H3/t17-,18?,19?,20?,21+,22-,23-,24+,25-/m0/s1. The van der Waals surface area contributed by atoms with Gasteiger partial charge in [-0.15, -0.1) is 0 Å². The molecule has 4 heteroatoms. The van der Waals surface area contributed by atoms with Crippen molar-refractivity contribution in [1.29, 1.82) is 0 Å². The lowest BCUT2D eigenvalue weighted by molar-refractivity contribution is -0.179. The number of nitrogens with zero attached hydrogens (tertiary/aromatic N) is 1. The van der Waals surface area contributed by atoms with Gasteiger partial charge in [0.25, 0.3) is 0 Å². The number of hydrogen-bond acceptors (Lipinski definition) is 4.